The van der Waals surface area contributed by atoms with Gasteiger partial charge in [-0.05, 0) is 28.1 Å². The number of carboxylic acid groups (broad SMARTS) is 1. The molecule has 2 rings (SSSR count). The van der Waals surface area contributed by atoms with E-state index in [0.29, 0.717) is 15.5 Å². The fourth-order valence-corrected chi connectivity index (χ4v) is 2.12. The quantitative estimate of drug-likeness (QED) is 0.928. The smallest absolute Gasteiger partial charge is 0.335 e. The third-order valence-corrected chi connectivity index (χ3v) is 3.02. The van der Waals surface area contributed by atoms with E-state index in [0.717, 1.165) is 0 Å². The lowest BCUT2D eigenvalue weighted by molar-refractivity contribution is 0.0697. The summed E-state index contributed by atoms with van der Waals surface area (Å²) in [4.78, 5) is 14.6. The van der Waals surface area contributed by atoms with Crippen LogP contribution in [-0.4, -0.2) is 20.6 Å². The predicted octanol–water partition coefficient (Wildman–Crippen LogP) is 2.97. The number of carbonyl (C=O) groups is 1. The lowest BCUT2D eigenvalue weighted by Crippen LogP contribution is -1.99. The molecular formula is C10H7BrF2N2O2. The van der Waals surface area contributed by atoms with Crippen molar-refractivity contribution >= 4 is 32.9 Å². The van der Waals surface area contributed by atoms with Crippen molar-refractivity contribution in [1.29, 1.82) is 0 Å². The van der Waals surface area contributed by atoms with Gasteiger partial charge in [0, 0.05) is 11.5 Å². The number of benzene rings is 1. The van der Waals surface area contributed by atoms with Crippen molar-refractivity contribution in [2.24, 2.45) is 7.05 Å². The molecule has 0 fully saturated rings. The number of carboxylic acids is 1. The Morgan fingerprint density at radius 1 is 1.53 bits per heavy atom. The van der Waals surface area contributed by atoms with Crippen LogP contribution < -0.4 is 0 Å². The Hall–Kier alpha value is -1.50. The van der Waals surface area contributed by atoms with Crippen LogP contribution >= 0.6 is 15.9 Å². The average molecular weight is 305 g/mol. The Bertz CT molecular complexity index is 610. The second-order valence-electron chi connectivity index (χ2n) is 3.46. The number of aryl methyl sites for hydroxylation is 1. The second-order valence-corrected chi connectivity index (χ2v) is 4.32. The molecule has 1 aromatic heterocycles. The molecule has 7 heteroatoms. The molecule has 0 aliphatic carbocycles. The van der Waals surface area contributed by atoms with Crippen LogP contribution in [0.2, 0.25) is 0 Å². The highest BCUT2D eigenvalue weighted by Crippen LogP contribution is 2.29. The summed E-state index contributed by atoms with van der Waals surface area (Å²) in [6, 6.07) is 2.66. The molecule has 1 N–H and O–H groups in total. The summed E-state index contributed by atoms with van der Waals surface area (Å²) in [5.74, 6) is -1.50. The van der Waals surface area contributed by atoms with Gasteiger partial charge in [0.2, 0.25) is 0 Å². The summed E-state index contributed by atoms with van der Waals surface area (Å²) in [5, 5.41) is 8.88. The summed E-state index contributed by atoms with van der Waals surface area (Å²) in [6.07, 6.45) is -2.70. The third kappa shape index (κ3) is 1.90. The molecule has 0 unspecified atom stereocenters. The fraction of sp³-hybridized carbons (Fsp3) is 0.200. The SMILES string of the molecule is Cn1c(C(F)F)nc2c(Br)cc(C(=O)O)cc21. The van der Waals surface area contributed by atoms with Gasteiger partial charge in [-0.2, -0.15) is 0 Å². The van der Waals surface area contributed by atoms with E-state index in [1.165, 1.54) is 23.7 Å². The fourth-order valence-electron chi connectivity index (χ4n) is 1.58. The summed E-state index contributed by atoms with van der Waals surface area (Å²) >= 11 is 3.13. The maximum Gasteiger partial charge on any atom is 0.335 e. The molecule has 0 radical (unpaired) electrons. The van der Waals surface area contributed by atoms with Crippen LogP contribution in [0.4, 0.5) is 8.78 Å². The first-order chi connectivity index (χ1) is 7.91. The largest absolute Gasteiger partial charge is 0.478 e. The molecule has 0 atom stereocenters. The molecule has 0 spiro atoms. The number of hydrogen-bond donors (Lipinski definition) is 1. The Balaban J connectivity index is 2.79. The predicted molar refractivity (Wildman–Crippen MR) is 60.3 cm³/mol. The van der Waals surface area contributed by atoms with Crippen molar-refractivity contribution in [3.8, 4) is 0 Å². The van der Waals surface area contributed by atoms with Crippen LogP contribution in [0.1, 0.15) is 22.6 Å². The maximum absolute atomic E-state index is 12.6. The monoisotopic (exact) mass is 304 g/mol. The summed E-state index contributed by atoms with van der Waals surface area (Å²) in [7, 11) is 1.43. The van der Waals surface area contributed by atoms with E-state index in [-0.39, 0.29) is 11.4 Å². The van der Waals surface area contributed by atoms with Crippen molar-refractivity contribution in [2.45, 2.75) is 6.43 Å². The van der Waals surface area contributed by atoms with Gasteiger partial charge in [-0.15, -0.1) is 0 Å². The normalized spacial score (nSPS) is 11.4. The zero-order valence-corrected chi connectivity index (χ0v) is 10.2. The van der Waals surface area contributed by atoms with Crippen LogP contribution in [-0.2, 0) is 7.05 Å². The Kier molecular flexibility index (Phi) is 2.86. The molecule has 17 heavy (non-hydrogen) atoms. The first-order valence-corrected chi connectivity index (χ1v) is 5.38. The first-order valence-electron chi connectivity index (χ1n) is 4.59. The van der Waals surface area contributed by atoms with Crippen molar-refractivity contribution in [2.75, 3.05) is 0 Å². The molecule has 0 amide bonds. The minimum absolute atomic E-state index is 0.0215. The van der Waals surface area contributed by atoms with Gasteiger partial charge in [0.1, 0.15) is 5.52 Å². The van der Waals surface area contributed by atoms with E-state index in [4.69, 9.17) is 5.11 Å². The molecule has 1 heterocycles. The lowest BCUT2D eigenvalue weighted by atomic mass is 10.2. The molecule has 4 nitrogen and oxygen atoms in total. The van der Waals surface area contributed by atoms with Gasteiger partial charge in [-0.3, -0.25) is 0 Å². The standard InChI is InChI=1S/C10H7BrF2N2O2/c1-15-6-3-4(10(16)17)2-5(11)7(6)14-9(15)8(12)13/h2-3,8H,1H3,(H,16,17). The molecule has 90 valence electrons. The maximum atomic E-state index is 12.6. The number of nitrogens with zero attached hydrogens (tertiary/aromatic N) is 2. The minimum Gasteiger partial charge on any atom is -0.478 e. The van der Waals surface area contributed by atoms with Gasteiger partial charge in [-0.1, -0.05) is 0 Å². The highest BCUT2D eigenvalue weighted by Gasteiger charge is 2.19. The second kappa shape index (κ2) is 4.06. The summed E-state index contributed by atoms with van der Waals surface area (Å²) in [5.41, 5.74) is 0.702. The van der Waals surface area contributed by atoms with Crippen molar-refractivity contribution in [3.05, 3.63) is 28.0 Å². The molecule has 0 aliphatic rings. The molecular weight excluding hydrogens is 298 g/mol. The number of imidazole rings is 1. The van der Waals surface area contributed by atoms with Gasteiger partial charge < -0.3 is 9.67 Å². The number of aromatic nitrogens is 2. The van der Waals surface area contributed by atoms with E-state index in [2.05, 4.69) is 20.9 Å². The van der Waals surface area contributed by atoms with Crippen LogP contribution in [0.5, 0.6) is 0 Å². The molecule has 0 bridgehead atoms. The van der Waals surface area contributed by atoms with E-state index < -0.39 is 12.4 Å². The summed E-state index contributed by atoms with van der Waals surface area (Å²) < 4.78 is 26.9. The average Bonchev–Trinajstić information content (AvgIpc) is 2.57. The highest BCUT2D eigenvalue weighted by molar-refractivity contribution is 9.10. The van der Waals surface area contributed by atoms with Gasteiger partial charge in [0.15, 0.2) is 5.82 Å². The van der Waals surface area contributed by atoms with Gasteiger partial charge in [0.05, 0.1) is 11.1 Å². The Labute approximate surface area is 103 Å². The topological polar surface area (TPSA) is 55.1 Å². The number of aromatic carboxylic acids is 1. The van der Waals surface area contributed by atoms with E-state index in [1.807, 2.05) is 0 Å². The number of fused-ring (bicyclic) bond motifs is 1. The van der Waals surface area contributed by atoms with Crippen LogP contribution in [0.3, 0.4) is 0 Å². The molecule has 0 saturated carbocycles. The third-order valence-electron chi connectivity index (χ3n) is 2.42. The van der Waals surface area contributed by atoms with E-state index in [9.17, 15) is 13.6 Å². The molecule has 2 aromatic rings. The van der Waals surface area contributed by atoms with Crippen LogP contribution in [0.15, 0.2) is 16.6 Å². The van der Waals surface area contributed by atoms with E-state index in [1.54, 1.807) is 0 Å². The van der Waals surface area contributed by atoms with Crippen molar-refractivity contribution < 1.29 is 18.7 Å². The number of hydrogen-bond acceptors (Lipinski definition) is 2. The van der Waals surface area contributed by atoms with Gasteiger partial charge >= 0.3 is 5.97 Å². The molecule has 1 aromatic carbocycles. The minimum atomic E-state index is -2.70. The van der Waals surface area contributed by atoms with Gasteiger partial charge in [0.25, 0.3) is 6.43 Å². The van der Waals surface area contributed by atoms with Crippen molar-refractivity contribution in [3.63, 3.8) is 0 Å². The number of rotatable bonds is 2. The first kappa shape index (κ1) is 12.0. The van der Waals surface area contributed by atoms with Gasteiger partial charge in [-0.25, -0.2) is 18.6 Å². The highest BCUT2D eigenvalue weighted by atomic mass is 79.9. The van der Waals surface area contributed by atoms with E-state index >= 15 is 0 Å². The number of halogens is 3. The number of alkyl halides is 2. The molecule has 0 saturated heterocycles. The van der Waals surface area contributed by atoms with Crippen molar-refractivity contribution in [1.82, 2.24) is 9.55 Å². The van der Waals surface area contributed by atoms with Crippen LogP contribution in [0.25, 0.3) is 11.0 Å². The molecule has 0 aliphatic heterocycles. The summed E-state index contributed by atoms with van der Waals surface area (Å²) in [6.45, 7) is 0. The zero-order chi connectivity index (χ0) is 12.7. The Morgan fingerprint density at radius 3 is 2.71 bits per heavy atom. The zero-order valence-electron chi connectivity index (χ0n) is 8.62. The Morgan fingerprint density at radius 2 is 2.18 bits per heavy atom. The lowest BCUT2D eigenvalue weighted by Gasteiger charge is -2.01. The van der Waals surface area contributed by atoms with Crippen LogP contribution in [0, 0.1) is 0 Å².